The molecule has 5 rings (SSSR count). The van der Waals surface area contributed by atoms with Gasteiger partial charge in [0.1, 0.15) is 22.8 Å². The van der Waals surface area contributed by atoms with E-state index in [0.29, 0.717) is 46.0 Å². The van der Waals surface area contributed by atoms with Crippen molar-refractivity contribution >= 4 is 22.8 Å². The van der Waals surface area contributed by atoms with Gasteiger partial charge in [-0.25, -0.2) is 9.37 Å². The van der Waals surface area contributed by atoms with E-state index >= 15 is 4.39 Å². The Kier molecular flexibility index (Phi) is 4.96. The predicted octanol–water partition coefficient (Wildman–Crippen LogP) is 4.07. The fraction of sp³-hybridized carbons (Fsp3) is 0.250. The molecule has 0 saturated heterocycles. The Balaban J connectivity index is 1.68. The fourth-order valence-corrected chi connectivity index (χ4v) is 4.13. The first-order valence-electron chi connectivity index (χ1n) is 10.6. The maximum atomic E-state index is 15.1. The van der Waals surface area contributed by atoms with Gasteiger partial charge in [-0.1, -0.05) is 6.07 Å². The molecule has 2 aromatic heterocycles. The van der Waals surface area contributed by atoms with Gasteiger partial charge < -0.3 is 18.9 Å². The lowest BCUT2D eigenvalue weighted by molar-refractivity contribution is -0.125. The van der Waals surface area contributed by atoms with Gasteiger partial charge in [-0.15, -0.1) is 5.10 Å². The molecule has 1 unspecified atom stereocenters. The van der Waals surface area contributed by atoms with Gasteiger partial charge in [0.25, 0.3) is 5.91 Å². The molecule has 168 valence electrons. The molecule has 2 aromatic carbocycles. The molecular weight excluding hydrogens is 425 g/mol. The van der Waals surface area contributed by atoms with Gasteiger partial charge in [0.05, 0.1) is 25.3 Å². The van der Waals surface area contributed by atoms with Crippen molar-refractivity contribution < 1.29 is 18.7 Å². The summed E-state index contributed by atoms with van der Waals surface area (Å²) in [6.45, 7) is 4.40. The summed E-state index contributed by atoms with van der Waals surface area (Å²) >= 11 is 0. The smallest absolute Gasteiger partial charge is 0.267 e. The quantitative estimate of drug-likeness (QED) is 0.469. The van der Waals surface area contributed by atoms with E-state index in [1.807, 2.05) is 11.5 Å². The zero-order valence-corrected chi connectivity index (χ0v) is 18.7. The van der Waals surface area contributed by atoms with Crippen LogP contribution in [0.4, 0.5) is 10.1 Å². The van der Waals surface area contributed by atoms with Crippen LogP contribution in [0.15, 0.2) is 42.9 Å². The van der Waals surface area contributed by atoms with Crippen molar-refractivity contribution in [3.63, 3.8) is 0 Å². The Bertz CT molecular complexity index is 1400. The van der Waals surface area contributed by atoms with Crippen LogP contribution in [0.25, 0.3) is 33.4 Å². The third kappa shape index (κ3) is 3.27. The van der Waals surface area contributed by atoms with E-state index in [-0.39, 0.29) is 5.91 Å². The molecule has 1 atom stereocenters. The van der Waals surface area contributed by atoms with Crippen molar-refractivity contribution in [3.05, 3.63) is 48.7 Å². The predicted molar refractivity (Wildman–Crippen MR) is 122 cm³/mol. The molecule has 0 radical (unpaired) electrons. The van der Waals surface area contributed by atoms with Gasteiger partial charge in [0, 0.05) is 36.3 Å². The summed E-state index contributed by atoms with van der Waals surface area (Å²) in [5.74, 6) is 0.338. The number of halogens is 1. The number of nitrogens with zero attached hydrogens (tertiary/aromatic N) is 5. The van der Waals surface area contributed by atoms with Crippen LogP contribution in [0.5, 0.6) is 11.5 Å². The van der Waals surface area contributed by atoms with Gasteiger partial charge in [-0.2, -0.15) is 5.10 Å². The zero-order valence-electron chi connectivity index (χ0n) is 18.7. The van der Waals surface area contributed by atoms with Crippen LogP contribution in [0, 0.1) is 5.82 Å². The number of rotatable bonds is 4. The average molecular weight is 447 g/mol. The summed E-state index contributed by atoms with van der Waals surface area (Å²) in [6, 6.07) is 8.24. The number of amides is 1. The molecule has 0 N–H and O–H groups in total. The highest BCUT2D eigenvalue weighted by atomic mass is 19.1. The molecule has 1 aliphatic rings. The molecule has 0 bridgehead atoms. The Labute approximate surface area is 189 Å². The van der Waals surface area contributed by atoms with E-state index < -0.39 is 11.9 Å². The number of aryl methyl sites for hydroxylation is 1. The van der Waals surface area contributed by atoms with Crippen LogP contribution >= 0.6 is 0 Å². The number of aromatic nitrogens is 4. The molecule has 3 heterocycles. The lowest BCUT2D eigenvalue weighted by Gasteiger charge is -2.31. The number of benzene rings is 2. The van der Waals surface area contributed by atoms with E-state index in [9.17, 15) is 4.79 Å². The summed E-state index contributed by atoms with van der Waals surface area (Å²) < 4.78 is 28.4. The lowest BCUT2D eigenvalue weighted by atomic mass is 9.97. The molecule has 33 heavy (non-hydrogen) atoms. The number of imidazole rings is 1. The topological polar surface area (TPSA) is 82.4 Å². The number of carbonyl (C=O) groups is 1. The molecule has 9 heteroatoms. The summed E-state index contributed by atoms with van der Waals surface area (Å²) in [6.07, 6.45) is 2.71. The Morgan fingerprint density at radius 2 is 2.00 bits per heavy atom. The summed E-state index contributed by atoms with van der Waals surface area (Å²) in [5.41, 5.74) is 4.28. The van der Waals surface area contributed by atoms with Crippen molar-refractivity contribution in [2.24, 2.45) is 0 Å². The van der Waals surface area contributed by atoms with Crippen molar-refractivity contribution in [2.45, 2.75) is 26.5 Å². The zero-order chi connectivity index (χ0) is 23.3. The second kappa shape index (κ2) is 7.84. The van der Waals surface area contributed by atoms with Gasteiger partial charge in [-0.05, 0) is 37.6 Å². The molecule has 8 nitrogen and oxygen atoms in total. The van der Waals surface area contributed by atoms with Crippen LogP contribution in [-0.2, 0) is 11.3 Å². The number of ether oxygens (including phenoxy) is 2. The van der Waals surface area contributed by atoms with E-state index in [4.69, 9.17) is 9.47 Å². The van der Waals surface area contributed by atoms with E-state index in [1.165, 1.54) is 18.1 Å². The number of hydrogen-bond acceptors (Lipinski definition) is 6. The minimum absolute atomic E-state index is 0.161. The number of anilines is 1. The molecule has 1 aliphatic heterocycles. The fourth-order valence-electron chi connectivity index (χ4n) is 4.13. The Morgan fingerprint density at radius 3 is 2.76 bits per heavy atom. The van der Waals surface area contributed by atoms with Gasteiger partial charge in [-0.3, -0.25) is 4.79 Å². The number of methoxy groups -OCH3 is 1. The lowest BCUT2D eigenvalue weighted by Crippen LogP contribution is -2.41. The van der Waals surface area contributed by atoms with E-state index in [0.717, 1.165) is 11.1 Å². The minimum atomic E-state index is -0.634. The monoisotopic (exact) mass is 447 g/mol. The second-order valence-electron chi connectivity index (χ2n) is 7.83. The highest BCUT2D eigenvalue weighted by Crippen LogP contribution is 2.44. The van der Waals surface area contributed by atoms with Gasteiger partial charge >= 0.3 is 0 Å². The number of likely N-dealkylation sites (N-methyl/N-ethyl adjacent to an activating group) is 1. The van der Waals surface area contributed by atoms with Crippen LogP contribution in [0.3, 0.4) is 0 Å². The molecule has 4 aromatic rings. The third-order valence-electron chi connectivity index (χ3n) is 5.94. The number of hydrogen-bond donors (Lipinski definition) is 0. The first kappa shape index (κ1) is 20.9. The van der Waals surface area contributed by atoms with Crippen molar-refractivity contribution in [2.75, 3.05) is 19.1 Å². The second-order valence-corrected chi connectivity index (χ2v) is 7.83. The normalized spacial score (nSPS) is 15.5. The molecule has 0 fully saturated rings. The van der Waals surface area contributed by atoms with Crippen LogP contribution in [0.2, 0.25) is 0 Å². The SMILES string of the molecule is CCn1cnc2c(-c3ccc(F)c(-c4cc5c(cc4OC)N(C)C(=O)C(C)O5)c3)cnnc21. The summed E-state index contributed by atoms with van der Waals surface area (Å²) in [7, 11) is 3.19. The Hall–Kier alpha value is -4.01. The van der Waals surface area contributed by atoms with E-state index in [1.54, 1.807) is 50.8 Å². The largest absolute Gasteiger partial charge is 0.496 e. The molecular formula is C24H22FN5O3. The standard InChI is InChI=1S/C24H22FN5O3/c1-5-30-12-26-22-17(11-27-28-23(22)30)14-6-7-18(25)15(8-14)16-9-21-19(10-20(16)32-4)29(3)24(31)13(2)33-21/h6-13H,5H2,1-4H3. The molecule has 1 amide bonds. The Morgan fingerprint density at radius 1 is 1.18 bits per heavy atom. The summed E-state index contributed by atoms with van der Waals surface area (Å²) in [5, 5.41) is 8.32. The van der Waals surface area contributed by atoms with Gasteiger partial charge in [0.15, 0.2) is 11.8 Å². The first-order chi connectivity index (χ1) is 15.9. The highest BCUT2D eigenvalue weighted by molar-refractivity contribution is 6.00. The van der Waals surface area contributed by atoms with Crippen LogP contribution in [0.1, 0.15) is 13.8 Å². The van der Waals surface area contributed by atoms with E-state index in [2.05, 4.69) is 15.2 Å². The molecule has 0 aliphatic carbocycles. The maximum Gasteiger partial charge on any atom is 0.267 e. The summed E-state index contributed by atoms with van der Waals surface area (Å²) in [4.78, 5) is 18.3. The maximum absolute atomic E-state index is 15.1. The van der Waals surface area contributed by atoms with Crippen molar-refractivity contribution in [3.8, 4) is 33.8 Å². The number of carbonyl (C=O) groups excluding carboxylic acids is 1. The molecule has 0 spiro atoms. The van der Waals surface area contributed by atoms with Crippen molar-refractivity contribution in [1.82, 2.24) is 19.7 Å². The average Bonchev–Trinajstić information content (AvgIpc) is 3.26. The van der Waals surface area contributed by atoms with Crippen molar-refractivity contribution in [1.29, 1.82) is 0 Å². The third-order valence-corrected chi connectivity index (χ3v) is 5.94. The number of fused-ring (bicyclic) bond motifs is 2. The first-order valence-corrected chi connectivity index (χ1v) is 10.6. The minimum Gasteiger partial charge on any atom is -0.496 e. The highest BCUT2D eigenvalue weighted by Gasteiger charge is 2.31. The molecule has 0 saturated carbocycles. The van der Waals surface area contributed by atoms with Gasteiger partial charge in [0.2, 0.25) is 0 Å². The van der Waals surface area contributed by atoms with Crippen LogP contribution in [-0.4, -0.2) is 45.9 Å². The van der Waals surface area contributed by atoms with Crippen LogP contribution < -0.4 is 14.4 Å².